The molecule has 2 heterocycles. The Hall–Kier alpha value is -1.59. The van der Waals surface area contributed by atoms with Crippen LogP contribution in [0, 0.1) is 6.92 Å². The normalized spacial score (nSPS) is 10.3. The molecule has 0 aliphatic heterocycles. The van der Waals surface area contributed by atoms with Gasteiger partial charge in [-0.15, -0.1) is 0 Å². The lowest BCUT2D eigenvalue weighted by Gasteiger charge is -2.04. The predicted octanol–water partition coefficient (Wildman–Crippen LogP) is 3.29. The summed E-state index contributed by atoms with van der Waals surface area (Å²) in [5.41, 5.74) is 0.849. The number of carbonyl (C=O) groups is 1. The molecule has 0 spiro atoms. The Morgan fingerprint density at radius 1 is 1.44 bits per heavy atom. The molecule has 4 nitrogen and oxygen atoms in total. The molecule has 0 fully saturated rings. The van der Waals surface area contributed by atoms with Gasteiger partial charge in [0.25, 0.3) is 0 Å². The van der Waals surface area contributed by atoms with Gasteiger partial charge in [-0.2, -0.15) is 0 Å². The maximum atomic E-state index is 10.9. The van der Waals surface area contributed by atoms with E-state index < -0.39 is 5.97 Å². The van der Waals surface area contributed by atoms with Gasteiger partial charge in [0.15, 0.2) is 0 Å². The van der Waals surface area contributed by atoms with Crippen molar-refractivity contribution in [2.45, 2.75) is 17.0 Å². The van der Waals surface area contributed by atoms with Crippen LogP contribution in [-0.2, 0) is 0 Å². The number of pyridine rings is 2. The van der Waals surface area contributed by atoms with Crippen molar-refractivity contribution in [2.75, 3.05) is 0 Å². The van der Waals surface area contributed by atoms with Gasteiger partial charge in [-0.3, -0.25) is 0 Å². The SMILES string of the molecule is Cc1cc(C(=O)O)cc(Sc2ncccc2Cl)n1. The highest BCUT2D eigenvalue weighted by Crippen LogP contribution is 2.30. The molecule has 0 radical (unpaired) electrons. The minimum Gasteiger partial charge on any atom is -0.478 e. The van der Waals surface area contributed by atoms with Crippen molar-refractivity contribution in [3.63, 3.8) is 0 Å². The summed E-state index contributed by atoms with van der Waals surface area (Å²) in [5, 5.41) is 10.7. The number of aromatic carboxylic acids is 1. The van der Waals surface area contributed by atoms with E-state index in [0.29, 0.717) is 20.8 Å². The standard InChI is InChI=1S/C12H9ClN2O2S/c1-7-5-8(12(16)17)6-10(15-7)18-11-9(13)3-2-4-14-11/h2-6H,1H3,(H,16,17). The first-order valence-corrected chi connectivity index (χ1v) is 6.26. The molecule has 92 valence electrons. The minimum absolute atomic E-state index is 0.206. The molecule has 2 rings (SSSR count). The highest BCUT2D eigenvalue weighted by atomic mass is 35.5. The Balaban J connectivity index is 2.35. The first-order valence-electron chi connectivity index (χ1n) is 5.06. The van der Waals surface area contributed by atoms with Gasteiger partial charge in [-0.05, 0) is 43.0 Å². The summed E-state index contributed by atoms with van der Waals surface area (Å²) in [7, 11) is 0. The highest BCUT2D eigenvalue weighted by Gasteiger charge is 2.10. The van der Waals surface area contributed by atoms with Crippen molar-refractivity contribution in [3.05, 3.63) is 46.7 Å². The smallest absolute Gasteiger partial charge is 0.335 e. The summed E-state index contributed by atoms with van der Waals surface area (Å²) in [6.45, 7) is 1.75. The van der Waals surface area contributed by atoms with Crippen molar-refractivity contribution in [1.29, 1.82) is 0 Å². The summed E-state index contributed by atoms with van der Waals surface area (Å²) >= 11 is 7.23. The van der Waals surface area contributed by atoms with Crippen LogP contribution in [0.25, 0.3) is 0 Å². The highest BCUT2D eigenvalue weighted by molar-refractivity contribution is 7.99. The van der Waals surface area contributed by atoms with Crippen LogP contribution < -0.4 is 0 Å². The van der Waals surface area contributed by atoms with E-state index in [1.807, 2.05) is 0 Å². The van der Waals surface area contributed by atoms with Crippen LogP contribution in [0.4, 0.5) is 0 Å². The summed E-state index contributed by atoms with van der Waals surface area (Å²) in [5.74, 6) is -0.977. The zero-order chi connectivity index (χ0) is 13.1. The third-order valence-electron chi connectivity index (χ3n) is 2.10. The molecule has 2 aromatic rings. The van der Waals surface area contributed by atoms with E-state index in [1.54, 1.807) is 25.3 Å². The topological polar surface area (TPSA) is 63.1 Å². The fourth-order valence-electron chi connectivity index (χ4n) is 1.36. The summed E-state index contributed by atoms with van der Waals surface area (Å²) < 4.78 is 0. The van der Waals surface area contributed by atoms with Gasteiger partial charge >= 0.3 is 5.97 Å². The lowest BCUT2D eigenvalue weighted by Crippen LogP contribution is -1.99. The molecule has 6 heteroatoms. The van der Waals surface area contributed by atoms with Gasteiger partial charge in [-0.1, -0.05) is 11.6 Å². The number of carboxylic acids is 1. The van der Waals surface area contributed by atoms with Gasteiger partial charge in [0.2, 0.25) is 0 Å². The van der Waals surface area contributed by atoms with Crippen LogP contribution in [0.2, 0.25) is 5.02 Å². The van der Waals surface area contributed by atoms with E-state index in [2.05, 4.69) is 9.97 Å². The van der Waals surface area contributed by atoms with E-state index in [9.17, 15) is 4.79 Å². The van der Waals surface area contributed by atoms with Crippen LogP contribution in [-0.4, -0.2) is 21.0 Å². The van der Waals surface area contributed by atoms with E-state index in [-0.39, 0.29) is 5.56 Å². The van der Waals surface area contributed by atoms with Gasteiger partial charge in [0.05, 0.1) is 10.6 Å². The number of halogens is 1. The number of rotatable bonds is 3. The van der Waals surface area contributed by atoms with Crippen LogP contribution in [0.5, 0.6) is 0 Å². The molecule has 1 N–H and O–H groups in total. The zero-order valence-corrected chi connectivity index (χ0v) is 11.0. The Bertz CT molecular complexity index is 604. The molecule has 0 saturated heterocycles. The second kappa shape index (κ2) is 5.37. The Morgan fingerprint density at radius 3 is 2.89 bits per heavy atom. The van der Waals surface area contributed by atoms with E-state index in [1.165, 1.54) is 23.9 Å². The van der Waals surface area contributed by atoms with Crippen molar-refractivity contribution in [2.24, 2.45) is 0 Å². The fraction of sp³-hybridized carbons (Fsp3) is 0.0833. The van der Waals surface area contributed by atoms with E-state index >= 15 is 0 Å². The van der Waals surface area contributed by atoms with Crippen molar-refractivity contribution >= 4 is 29.3 Å². The maximum Gasteiger partial charge on any atom is 0.335 e. The number of hydrogen-bond donors (Lipinski definition) is 1. The Labute approximate surface area is 113 Å². The molecule has 0 aliphatic carbocycles. The Kier molecular flexibility index (Phi) is 3.84. The van der Waals surface area contributed by atoms with Crippen LogP contribution in [0.3, 0.4) is 0 Å². The van der Waals surface area contributed by atoms with Crippen LogP contribution in [0.15, 0.2) is 40.5 Å². The fourth-order valence-corrected chi connectivity index (χ4v) is 2.45. The first kappa shape index (κ1) is 12.9. The lowest BCUT2D eigenvalue weighted by atomic mass is 10.2. The molecule has 0 aromatic carbocycles. The molecule has 0 amide bonds. The minimum atomic E-state index is -0.977. The van der Waals surface area contributed by atoms with Crippen LogP contribution in [0.1, 0.15) is 16.1 Å². The second-order valence-electron chi connectivity index (χ2n) is 3.53. The average molecular weight is 281 g/mol. The van der Waals surface area contributed by atoms with E-state index in [0.717, 1.165) is 0 Å². The van der Waals surface area contributed by atoms with Gasteiger partial charge < -0.3 is 5.11 Å². The molecule has 0 saturated carbocycles. The average Bonchev–Trinajstić information content (AvgIpc) is 2.31. The summed E-state index contributed by atoms with van der Waals surface area (Å²) in [6, 6.07) is 6.49. The number of carboxylic acid groups (broad SMARTS) is 1. The largest absolute Gasteiger partial charge is 0.478 e. The number of nitrogens with zero attached hydrogens (tertiary/aromatic N) is 2. The van der Waals surface area contributed by atoms with Crippen molar-refractivity contribution in [3.8, 4) is 0 Å². The van der Waals surface area contributed by atoms with Crippen molar-refractivity contribution < 1.29 is 9.90 Å². The molecule has 0 bridgehead atoms. The number of aromatic nitrogens is 2. The third kappa shape index (κ3) is 3.00. The quantitative estimate of drug-likeness (QED) is 0.935. The van der Waals surface area contributed by atoms with E-state index in [4.69, 9.17) is 16.7 Å². The molecule has 0 aliphatic rings. The van der Waals surface area contributed by atoms with Gasteiger partial charge in [-0.25, -0.2) is 14.8 Å². The molecule has 0 unspecified atom stereocenters. The molecule has 18 heavy (non-hydrogen) atoms. The summed E-state index contributed by atoms with van der Waals surface area (Å²) in [4.78, 5) is 19.3. The number of aryl methyl sites for hydroxylation is 1. The zero-order valence-electron chi connectivity index (χ0n) is 9.42. The van der Waals surface area contributed by atoms with Gasteiger partial charge in [0.1, 0.15) is 10.1 Å². The predicted molar refractivity (Wildman–Crippen MR) is 69.3 cm³/mol. The van der Waals surface area contributed by atoms with Crippen molar-refractivity contribution in [1.82, 2.24) is 9.97 Å². The Morgan fingerprint density at radius 2 is 2.22 bits per heavy atom. The number of hydrogen-bond acceptors (Lipinski definition) is 4. The third-order valence-corrected chi connectivity index (χ3v) is 3.46. The molecule has 2 aromatic heterocycles. The van der Waals surface area contributed by atoms with Crippen LogP contribution >= 0.6 is 23.4 Å². The first-order chi connectivity index (χ1) is 8.56. The molecular formula is C12H9ClN2O2S. The lowest BCUT2D eigenvalue weighted by molar-refractivity contribution is 0.0696. The maximum absolute atomic E-state index is 10.9. The summed E-state index contributed by atoms with van der Waals surface area (Å²) in [6.07, 6.45) is 1.63. The monoisotopic (exact) mass is 280 g/mol. The second-order valence-corrected chi connectivity index (χ2v) is 4.95. The molecular weight excluding hydrogens is 272 g/mol. The molecule has 0 atom stereocenters. The van der Waals surface area contributed by atoms with Gasteiger partial charge in [0, 0.05) is 11.9 Å².